The van der Waals surface area contributed by atoms with Crippen LogP contribution in [0.3, 0.4) is 0 Å². The van der Waals surface area contributed by atoms with Crippen LogP contribution in [0.4, 0.5) is 0 Å². The van der Waals surface area contributed by atoms with Crippen molar-refractivity contribution in [3.05, 3.63) is 23.8 Å². The van der Waals surface area contributed by atoms with Gasteiger partial charge in [0.05, 0.1) is 18.3 Å². The number of rotatable bonds is 23. The van der Waals surface area contributed by atoms with E-state index in [2.05, 4.69) is 41.5 Å². The van der Waals surface area contributed by atoms with E-state index in [1.54, 1.807) is 6.08 Å². The molecule has 1 N–H and O–H groups in total. The average molecular weight is 533 g/mol. The molecular weight excluding hydrogens is 476 g/mol. The molecule has 38 heavy (non-hydrogen) atoms. The van der Waals surface area contributed by atoms with Crippen molar-refractivity contribution in [2.24, 2.45) is 0 Å². The SMILES string of the molecule is CCCCCCC(C)Oc1cc(/C=C/C(=O)O)cc(OC(C)CCCCCC)c1OC(C)CCCCCC. The molecule has 0 saturated carbocycles. The van der Waals surface area contributed by atoms with Crippen molar-refractivity contribution in [1.82, 2.24) is 0 Å². The number of hydrogen-bond acceptors (Lipinski definition) is 4. The first-order valence-electron chi connectivity index (χ1n) is 15.4. The zero-order chi connectivity index (χ0) is 28.2. The van der Waals surface area contributed by atoms with Gasteiger partial charge in [0, 0.05) is 6.08 Å². The minimum atomic E-state index is -0.982. The molecule has 0 radical (unpaired) electrons. The van der Waals surface area contributed by atoms with E-state index in [9.17, 15) is 9.90 Å². The first-order valence-corrected chi connectivity index (χ1v) is 15.4. The van der Waals surface area contributed by atoms with Gasteiger partial charge in [-0.15, -0.1) is 0 Å². The van der Waals surface area contributed by atoms with Crippen molar-refractivity contribution in [2.45, 2.75) is 156 Å². The topological polar surface area (TPSA) is 65.0 Å². The van der Waals surface area contributed by atoms with Crippen molar-refractivity contribution in [2.75, 3.05) is 0 Å². The summed E-state index contributed by atoms with van der Waals surface area (Å²) in [5, 5.41) is 9.21. The Morgan fingerprint density at radius 2 is 1.08 bits per heavy atom. The lowest BCUT2D eigenvalue weighted by atomic mass is 10.1. The van der Waals surface area contributed by atoms with Crippen LogP contribution in [0.2, 0.25) is 0 Å². The highest BCUT2D eigenvalue weighted by molar-refractivity contribution is 5.85. The number of carboxylic acid groups (broad SMARTS) is 1. The predicted molar refractivity (Wildman–Crippen MR) is 160 cm³/mol. The lowest BCUT2D eigenvalue weighted by Gasteiger charge is -2.25. The van der Waals surface area contributed by atoms with Crippen LogP contribution >= 0.6 is 0 Å². The van der Waals surface area contributed by atoms with Crippen molar-refractivity contribution >= 4 is 12.0 Å². The maximum absolute atomic E-state index is 11.2. The number of unbranched alkanes of at least 4 members (excludes halogenated alkanes) is 9. The van der Waals surface area contributed by atoms with Crippen molar-refractivity contribution < 1.29 is 24.1 Å². The monoisotopic (exact) mass is 532 g/mol. The number of carbonyl (C=O) groups is 1. The number of aliphatic carboxylic acids is 1. The minimum Gasteiger partial charge on any atom is -0.487 e. The highest BCUT2D eigenvalue weighted by Crippen LogP contribution is 2.42. The summed E-state index contributed by atoms with van der Waals surface area (Å²) in [5.41, 5.74) is 0.733. The average Bonchev–Trinajstić information content (AvgIpc) is 2.87. The molecule has 5 nitrogen and oxygen atoms in total. The standard InChI is InChI=1S/C33H56O5/c1-7-10-13-16-19-26(4)36-30-24-29(22-23-32(34)35)25-31(37-27(5)20-17-14-11-8-2)33(30)38-28(6)21-18-15-12-9-3/h22-28H,7-21H2,1-6H3,(H,34,35)/b23-22+. The van der Waals surface area contributed by atoms with E-state index in [-0.39, 0.29) is 18.3 Å². The van der Waals surface area contributed by atoms with Crippen LogP contribution < -0.4 is 14.2 Å². The third-order valence-electron chi connectivity index (χ3n) is 6.83. The minimum absolute atomic E-state index is 0.0205. The molecule has 0 spiro atoms. The Morgan fingerprint density at radius 1 is 0.684 bits per heavy atom. The van der Waals surface area contributed by atoms with E-state index in [0.717, 1.165) is 50.2 Å². The third kappa shape index (κ3) is 15.3. The summed E-state index contributed by atoms with van der Waals surface area (Å²) in [6.45, 7) is 13.0. The van der Waals surface area contributed by atoms with E-state index in [1.807, 2.05) is 12.1 Å². The summed E-state index contributed by atoms with van der Waals surface area (Å²) in [6.07, 6.45) is 20.0. The van der Waals surface area contributed by atoms with Gasteiger partial charge in [-0.2, -0.15) is 0 Å². The Bertz CT molecular complexity index is 747. The molecular formula is C33H56O5. The highest BCUT2D eigenvalue weighted by Gasteiger charge is 2.21. The zero-order valence-corrected chi connectivity index (χ0v) is 25.2. The second-order valence-electron chi connectivity index (χ2n) is 10.9. The van der Waals surface area contributed by atoms with Crippen LogP contribution in [0.5, 0.6) is 17.2 Å². The maximum atomic E-state index is 11.2. The summed E-state index contributed by atoms with van der Waals surface area (Å²) >= 11 is 0. The molecule has 0 saturated heterocycles. The van der Waals surface area contributed by atoms with E-state index in [0.29, 0.717) is 17.2 Å². The molecule has 1 rings (SSSR count). The first-order chi connectivity index (χ1) is 18.3. The summed E-state index contributed by atoms with van der Waals surface area (Å²) in [4.78, 5) is 11.2. The quantitative estimate of drug-likeness (QED) is 0.112. The van der Waals surface area contributed by atoms with E-state index in [4.69, 9.17) is 14.2 Å². The van der Waals surface area contributed by atoms with Crippen LogP contribution in [0.15, 0.2) is 18.2 Å². The molecule has 5 heteroatoms. The lowest BCUT2D eigenvalue weighted by Crippen LogP contribution is -2.18. The summed E-state index contributed by atoms with van der Waals surface area (Å²) < 4.78 is 19.5. The predicted octanol–water partition coefficient (Wildman–Crippen LogP) is 10.00. The Hall–Kier alpha value is -2.17. The van der Waals surface area contributed by atoms with Crippen molar-refractivity contribution in [1.29, 1.82) is 0 Å². The van der Waals surface area contributed by atoms with Crippen LogP contribution in [-0.2, 0) is 4.79 Å². The van der Waals surface area contributed by atoms with Gasteiger partial charge in [0.1, 0.15) is 0 Å². The van der Waals surface area contributed by atoms with Gasteiger partial charge >= 0.3 is 5.97 Å². The van der Waals surface area contributed by atoms with Crippen LogP contribution in [0.1, 0.15) is 143 Å². The summed E-state index contributed by atoms with van der Waals surface area (Å²) in [7, 11) is 0. The van der Waals surface area contributed by atoms with E-state index in [1.165, 1.54) is 57.8 Å². The largest absolute Gasteiger partial charge is 0.487 e. The smallest absolute Gasteiger partial charge is 0.328 e. The maximum Gasteiger partial charge on any atom is 0.328 e. The van der Waals surface area contributed by atoms with Gasteiger partial charge in [0.15, 0.2) is 11.5 Å². The molecule has 1 aromatic carbocycles. The highest BCUT2D eigenvalue weighted by atomic mass is 16.6. The number of hydrogen-bond donors (Lipinski definition) is 1. The summed E-state index contributed by atoms with van der Waals surface area (Å²) in [6, 6.07) is 3.78. The molecule has 0 heterocycles. The Morgan fingerprint density at radius 3 is 1.45 bits per heavy atom. The summed E-state index contributed by atoms with van der Waals surface area (Å²) in [5.74, 6) is 0.925. The van der Waals surface area contributed by atoms with Crippen LogP contribution in [0, 0.1) is 0 Å². The molecule has 0 aliphatic carbocycles. The first kappa shape index (κ1) is 33.9. The fourth-order valence-electron chi connectivity index (χ4n) is 4.54. The normalized spacial score (nSPS) is 13.8. The molecule has 0 aromatic heterocycles. The number of carboxylic acids is 1. The third-order valence-corrected chi connectivity index (χ3v) is 6.83. The van der Waals surface area contributed by atoms with Crippen LogP contribution in [0.25, 0.3) is 6.08 Å². The molecule has 3 atom stereocenters. The van der Waals surface area contributed by atoms with Gasteiger partial charge in [0.2, 0.25) is 5.75 Å². The Kier molecular flexibility index (Phi) is 18.5. The molecule has 218 valence electrons. The second kappa shape index (κ2) is 20.7. The Labute approximate surface area is 233 Å². The number of benzene rings is 1. The second-order valence-corrected chi connectivity index (χ2v) is 10.9. The van der Waals surface area contributed by atoms with Gasteiger partial charge in [-0.05, 0) is 83.1 Å². The van der Waals surface area contributed by atoms with Gasteiger partial charge in [-0.1, -0.05) is 78.6 Å². The molecule has 1 aromatic rings. The van der Waals surface area contributed by atoms with Gasteiger partial charge in [0.25, 0.3) is 0 Å². The number of ether oxygens (including phenoxy) is 3. The fraction of sp³-hybridized carbons (Fsp3) is 0.727. The zero-order valence-electron chi connectivity index (χ0n) is 25.2. The fourth-order valence-corrected chi connectivity index (χ4v) is 4.54. The molecule has 0 aliphatic heterocycles. The van der Waals surface area contributed by atoms with E-state index >= 15 is 0 Å². The molecule has 3 unspecified atom stereocenters. The van der Waals surface area contributed by atoms with Gasteiger partial charge in [-0.3, -0.25) is 0 Å². The van der Waals surface area contributed by atoms with E-state index < -0.39 is 5.97 Å². The van der Waals surface area contributed by atoms with Gasteiger partial charge in [-0.25, -0.2) is 4.79 Å². The molecule has 0 bridgehead atoms. The Balaban J connectivity index is 3.24. The van der Waals surface area contributed by atoms with Gasteiger partial charge < -0.3 is 19.3 Å². The molecule has 0 amide bonds. The lowest BCUT2D eigenvalue weighted by molar-refractivity contribution is -0.131. The van der Waals surface area contributed by atoms with Crippen molar-refractivity contribution in [3.8, 4) is 17.2 Å². The molecule has 0 fully saturated rings. The van der Waals surface area contributed by atoms with Crippen molar-refractivity contribution in [3.63, 3.8) is 0 Å². The van der Waals surface area contributed by atoms with Crippen LogP contribution in [-0.4, -0.2) is 29.4 Å². The molecule has 0 aliphatic rings.